The molecule has 0 radical (unpaired) electrons. The van der Waals surface area contributed by atoms with Crippen molar-refractivity contribution in [3.63, 3.8) is 0 Å². The number of hydrogen-bond acceptors (Lipinski definition) is 2. The Morgan fingerprint density at radius 2 is 2.20 bits per heavy atom. The van der Waals surface area contributed by atoms with Gasteiger partial charge in [0, 0.05) is 12.0 Å². The highest BCUT2D eigenvalue weighted by Crippen LogP contribution is 2.38. The zero-order valence-electron chi connectivity index (χ0n) is 12.8. The molecule has 3 rings (SSSR count). The van der Waals surface area contributed by atoms with Gasteiger partial charge in [0.05, 0.1) is 6.61 Å². The van der Waals surface area contributed by atoms with E-state index in [0.717, 1.165) is 37.5 Å². The third-order valence-corrected chi connectivity index (χ3v) is 5.47. The van der Waals surface area contributed by atoms with Crippen molar-refractivity contribution < 1.29 is 4.74 Å². The maximum Gasteiger partial charge on any atom is 0.122 e. The number of fused-ring (bicyclic) bond motifs is 1. The van der Waals surface area contributed by atoms with Crippen LogP contribution in [-0.2, 0) is 12.8 Å². The first-order valence-electron chi connectivity index (χ1n) is 8.10. The second-order valence-corrected chi connectivity index (χ2v) is 7.05. The zero-order valence-corrected chi connectivity index (χ0v) is 12.8. The van der Waals surface area contributed by atoms with Crippen LogP contribution in [0, 0.1) is 11.8 Å². The van der Waals surface area contributed by atoms with Gasteiger partial charge in [0.2, 0.25) is 0 Å². The fourth-order valence-electron chi connectivity index (χ4n) is 3.86. The van der Waals surface area contributed by atoms with Gasteiger partial charge in [-0.15, -0.1) is 0 Å². The van der Waals surface area contributed by atoms with Crippen molar-refractivity contribution in [2.24, 2.45) is 17.6 Å². The Bertz CT molecular complexity index is 484. The lowest BCUT2D eigenvalue weighted by atomic mass is 9.68. The molecule has 0 saturated heterocycles. The van der Waals surface area contributed by atoms with Crippen LogP contribution < -0.4 is 10.5 Å². The van der Waals surface area contributed by atoms with Gasteiger partial charge in [0.1, 0.15) is 5.75 Å². The Labute approximate surface area is 122 Å². The lowest BCUT2D eigenvalue weighted by Gasteiger charge is -2.42. The van der Waals surface area contributed by atoms with Gasteiger partial charge in [-0.25, -0.2) is 0 Å². The molecule has 2 heteroatoms. The summed E-state index contributed by atoms with van der Waals surface area (Å²) in [4.78, 5) is 0. The van der Waals surface area contributed by atoms with E-state index in [0.29, 0.717) is 5.92 Å². The first-order valence-corrected chi connectivity index (χ1v) is 8.10. The highest BCUT2D eigenvalue weighted by Gasteiger charge is 2.36. The third-order valence-electron chi connectivity index (χ3n) is 5.47. The van der Waals surface area contributed by atoms with Gasteiger partial charge < -0.3 is 10.5 Å². The number of aryl methyl sites for hydroxylation is 1. The SMILES string of the molecule is CC1CCC(N)(CCc2ccc3c(c2)CCO3)C(C)C1. The molecule has 110 valence electrons. The number of nitrogens with two attached hydrogens (primary N) is 1. The van der Waals surface area contributed by atoms with Gasteiger partial charge in [-0.2, -0.15) is 0 Å². The molecule has 1 saturated carbocycles. The molecule has 1 aromatic carbocycles. The van der Waals surface area contributed by atoms with E-state index in [1.54, 1.807) is 0 Å². The van der Waals surface area contributed by atoms with Crippen LogP contribution in [0.1, 0.15) is 50.7 Å². The van der Waals surface area contributed by atoms with Crippen LogP contribution in [0.3, 0.4) is 0 Å². The van der Waals surface area contributed by atoms with Gasteiger partial charge in [0.15, 0.2) is 0 Å². The maximum atomic E-state index is 6.70. The number of hydrogen-bond donors (Lipinski definition) is 1. The second-order valence-electron chi connectivity index (χ2n) is 7.05. The Balaban J connectivity index is 1.64. The molecule has 1 fully saturated rings. The molecule has 0 aromatic heterocycles. The van der Waals surface area contributed by atoms with Crippen LogP contribution in [0.2, 0.25) is 0 Å². The lowest BCUT2D eigenvalue weighted by molar-refractivity contribution is 0.154. The molecule has 20 heavy (non-hydrogen) atoms. The van der Waals surface area contributed by atoms with Gasteiger partial charge in [-0.3, -0.25) is 0 Å². The summed E-state index contributed by atoms with van der Waals surface area (Å²) in [5, 5.41) is 0. The molecule has 2 nitrogen and oxygen atoms in total. The molecule has 2 N–H and O–H groups in total. The summed E-state index contributed by atoms with van der Waals surface area (Å²) >= 11 is 0. The third kappa shape index (κ3) is 2.71. The summed E-state index contributed by atoms with van der Waals surface area (Å²) in [6.45, 7) is 5.54. The van der Waals surface area contributed by atoms with E-state index in [1.165, 1.54) is 30.4 Å². The summed E-state index contributed by atoms with van der Waals surface area (Å²) in [6, 6.07) is 6.67. The molecule has 3 unspecified atom stereocenters. The van der Waals surface area contributed by atoms with Crippen molar-refractivity contribution >= 4 is 0 Å². The van der Waals surface area contributed by atoms with Crippen molar-refractivity contribution in [2.45, 2.75) is 57.9 Å². The van der Waals surface area contributed by atoms with Crippen molar-refractivity contribution in [3.05, 3.63) is 29.3 Å². The van der Waals surface area contributed by atoms with Crippen molar-refractivity contribution in [3.8, 4) is 5.75 Å². The predicted molar refractivity (Wildman–Crippen MR) is 83.1 cm³/mol. The summed E-state index contributed by atoms with van der Waals surface area (Å²) in [7, 11) is 0. The monoisotopic (exact) mass is 273 g/mol. The van der Waals surface area contributed by atoms with E-state index in [4.69, 9.17) is 10.5 Å². The van der Waals surface area contributed by atoms with E-state index >= 15 is 0 Å². The quantitative estimate of drug-likeness (QED) is 0.911. The normalized spacial score (nSPS) is 32.8. The standard InChI is InChI=1S/C18H27NO/c1-13-5-8-18(19,14(2)11-13)9-6-15-3-4-17-16(12-15)7-10-20-17/h3-4,12-14H,5-11,19H2,1-2H3. The zero-order chi connectivity index (χ0) is 14.2. The van der Waals surface area contributed by atoms with Crippen LogP contribution in [0.25, 0.3) is 0 Å². The minimum atomic E-state index is 0.0437. The smallest absolute Gasteiger partial charge is 0.122 e. The van der Waals surface area contributed by atoms with Crippen LogP contribution in [-0.4, -0.2) is 12.1 Å². The molecule has 2 aliphatic rings. The van der Waals surface area contributed by atoms with Crippen molar-refractivity contribution in [1.29, 1.82) is 0 Å². The molecular formula is C18H27NO. The predicted octanol–water partition coefficient (Wildman–Crippen LogP) is 3.71. The lowest BCUT2D eigenvalue weighted by Crippen LogP contribution is -2.49. The van der Waals surface area contributed by atoms with Crippen LogP contribution >= 0.6 is 0 Å². The molecule has 1 heterocycles. The van der Waals surface area contributed by atoms with E-state index in [9.17, 15) is 0 Å². The minimum Gasteiger partial charge on any atom is -0.493 e. The molecule has 0 amide bonds. The number of rotatable bonds is 3. The second kappa shape index (κ2) is 5.40. The molecule has 1 aliphatic carbocycles. The topological polar surface area (TPSA) is 35.2 Å². The minimum absolute atomic E-state index is 0.0437. The average Bonchev–Trinajstić information content (AvgIpc) is 2.89. The summed E-state index contributed by atoms with van der Waals surface area (Å²) in [5.74, 6) is 2.57. The van der Waals surface area contributed by atoms with E-state index in [2.05, 4.69) is 32.0 Å². The van der Waals surface area contributed by atoms with E-state index < -0.39 is 0 Å². The van der Waals surface area contributed by atoms with E-state index in [1.807, 2.05) is 0 Å². The Hall–Kier alpha value is -1.02. The molecule has 0 spiro atoms. The Kier molecular flexibility index (Phi) is 3.76. The van der Waals surface area contributed by atoms with Crippen LogP contribution in [0.4, 0.5) is 0 Å². The fraction of sp³-hybridized carbons (Fsp3) is 0.667. The highest BCUT2D eigenvalue weighted by atomic mass is 16.5. The maximum absolute atomic E-state index is 6.70. The molecule has 1 aromatic rings. The largest absolute Gasteiger partial charge is 0.493 e. The molecule has 0 bridgehead atoms. The Morgan fingerprint density at radius 1 is 1.35 bits per heavy atom. The summed E-state index contributed by atoms with van der Waals surface area (Å²) < 4.78 is 5.57. The number of ether oxygens (including phenoxy) is 1. The molecule has 3 atom stereocenters. The van der Waals surface area contributed by atoms with Gasteiger partial charge in [-0.05, 0) is 61.1 Å². The van der Waals surface area contributed by atoms with Crippen molar-refractivity contribution in [2.75, 3.05) is 6.61 Å². The van der Waals surface area contributed by atoms with Gasteiger partial charge in [0.25, 0.3) is 0 Å². The fourth-order valence-corrected chi connectivity index (χ4v) is 3.86. The number of benzene rings is 1. The molecular weight excluding hydrogens is 246 g/mol. The highest BCUT2D eigenvalue weighted by molar-refractivity contribution is 5.39. The van der Waals surface area contributed by atoms with Gasteiger partial charge in [-0.1, -0.05) is 26.0 Å². The Morgan fingerprint density at radius 3 is 3.00 bits per heavy atom. The van der Waals surface area contributed by atoms with Crippen LogP contribution in [0.15, 0.2) is 18.2 Å². The van der Waals surface area contributed by atoms with Crippen LogP contribution in [0.5, 0.6) is 5.75 Å². The molecule has 1 aliphatic heterocycles. The first kappa shape index (κ1) is 13.9. The van der Waals surface area contributed by atoms with Gasteiger partial charge >= 0.3 is 0 Å². The summed E-state index contributed by atoms with van der Waals surface area (Å²) in [6.07, 6.45) is 7.03. The van der Waals surface area contributed by atoms with Crippen molar-refractivity contribution in [1.82, 2.24) is 0 Å². The summed E-state index contributed by atoms with van der Waals surface area (Å²) in [5.41, 5.74) is 9.54. The first-order chi connectivity index (χ1) is 9.57. The average molecular weight is 273 g/mol. The van der Waals surface area contributed by atoms with E-state index in [-0.39, 0.29) is 5.54 Å².